The van der Waals surface area contributed by atoms with E-state index in [2.05, 4.69) is 24.1 Å². The van der Waals surface area contributed by atoms with Crippen molar-refractivity contribution >= 4 is 17.0 Å². The van der Waals surface area contributed by atoms with Crippen LogP contribution >= 0.6 is 0 Å². The number of nitrogens with one attached hydrogen (secondary N) is 1. The Kier molecular flexibility index (Phi) is 9.07. The van der Waals surface area contributed by atoms with Gasteiger partial charge in [0.15, 0.2) is 0 Å². The molecule has 0 saturated carbocycles. The Morgan fingerprint density at radius 2 is 1.82 bits per heavy atom. The van der Waals surface area contributed by atoms with Crippen molar-refractivity contribution < 1.29 is 19.2 Å². The molecule has 1 heterocycles. The van der Waals surface area contributed by atoms with Crippen LogP contribution < -0.4 is 15.7 Å². The van der Waals surface area contributed by atoms with E-state index in [1.165, 1.54) is 0 Å². The van der Waals surface area contributed by atoms with Gasteiger partial charge < -0.3 is 19.4 Å². The van der Waals surface area contributed by atoms with Gasteiger partial charge in [-0.05, 0) is 61.8 Å². The predicted molar refractivity (Wildman–Crippen MR) is 131 cm³/mol. The summed E-state index contributed by atoms with van der Waals surface area (Å²) in [6.07, 6.45) is 0.594. The molecule has 0 fully saturated rings. The first kappa shape index (κ1) is 25.3. The van der Waals surface area contributed by atoms with Crippen molar-refractivity contribution in [1.82, 2.24) is 15.3 Å². The second-order valence-corrected chi connectivity index (χ2v) is 8.16. The van der Waals surface area contributed by atoms with Gasteiger partial charge in [0.2, 0.25) is 0 Å². The lowest BCUT2D eigenvalue weighted by Crippen LogP contribution is -2.39. The van der Waals surface area contributed by atoms with Crippen LogP contribution in [-0.4, -0.2) is 54.0 Å². The molecule has 34 heavy (non-hydrogen) atoms. The van der Waals surface area contributed by atoms with Crippen LogP contribution in [0.25, 0.3) is 11.0 Å². The van der Waals surface area contributed by atoms with E-state index >= 15 is 0 Å². The average molecular weight is 468 g/mol. The maximum atomic E-state index is 12.2. The molecule has 8 nitrogen and oxygen atoms in total. The zero-order chi connectivity index (χ0) is 24.5. The number of amides is 2. The predicted octanol–water partition coefficient (Wildman–Crippen LogP) is 3.97. The van der Waals surface area contributed by atoms with Crippen LogP contribution in [-0.2, 0) is 13.0 Å². The number of urea groups is 1. The fourth-order valence-corrected chi connectivity index (χ4v) is 3.59. The van der Waals surface area contributed by atoms with Crippen LogP contribution in [0.1, 0.15) is 30.5 Å². The summed E-state index contributed by atoms with van der Waals surface area (Å²) in [5.74, 6) is 0.811. The first-order valence-electron chi connectivity index (χ1n) is 11.6. The summed E-state index contributed by atoms with van der Waals surface area (Å²) < 4.78 is 11.1. The minimum absolute atomic E-state index is 0.200. The highest BCUT2D eigenvalue weighted by Crippen LogP contribution is 2.16. The number of rotatable bonds is 11. The first-order valence-corrected chi connectivity index (χ1v) is 11.6. The second-order valence-electron chi connectivity index (χ2n) is 8.16. The van der Waals surface area contributed by atoms with Crippen molar-refractivity contribution in [3.05, 3.63) is 75.6 Å². The Balaban J connectivity index is 1.45. The SMILES string of the molecule is CCN(CC)CCOc1ccc(CCNC(=O)N(O)Cc2cc3ccc(C)cc3oc2=O)cc1. The average Bonchev–Trinajstić information content (AvgIpc) is 2.83. The lowest BCUT2D eigenvalue weighted by atomic mass is 10.1. The van der Waals surface area contributed by atoms with Crippen LogP contribution in [0.2, 0.25) is 0 Å². The highest BCUT2D eigenvalue weighted by molar-refractivity contribution is 5.78. The molecule has 0 unspecified atom stereocenters. The van der Waals surface area contributed by atoms with Gasteiger partial charge in [-0.2, -0.15) is 0 Å². The Labute approximate surface area is 199 Å². The molecular weight excluding hydrogens is 434 g/mol. The third kappa shape index (κ3) is 7.07. The van der Waals surface area contributed by atoms with Crippen molar-refractivity contribution in [1.29, 1.82) is 0 Å². The highest BCUT2D eigenvalue weighted by Gasteiger charge is 2.14. The lowest BCUT2D eigenvalue weighted by molar-refractivity contribution is -0.0512. The number of fused-ring (bicyclic) bond motifs is 1. The summed E-state index contributed by atoms with van der Waals surface area (Å²) in [4.78, 5) is 26.8. The van der Waals surface area contributed by atoms with Crippen LogP contribution in [0.15, 0.2) is 57.7 Å². The molecule has 0 spiro atoms. The Morgan fingerprint density at radius 1 is 1.09 bits per heavy atom. The van der Waals surface area contributed by atoms with E-state index in [0.29, 0.717) is 30.2 Å². The maximum Gasteiger partial charge on any atom is 0.341 e. The molecule has 0 bridgehead atoms. The Bertz CT molecular complexity index is 1140. The summed E-state index contributed by atoms with van der Waals surface area (Å²) in [6.45, 7) is 9.78. The van der Waals surface area contributed by atoms with Crippen molar-refractivity contribution in [2.24, 2.45) is 0 Å². The topological polar surface area (TPSA) is 95.2 Å². The minimum Gasteiger partial charge on any atom is -0.492 e. The van der Waals surface area contributed by atoms with Gasteiger partial charge in [-0.25, -0.2) is 14.7 Å². The van der Waals surface area contributed by atoms with Crippen LogP contribution in [0.5, 0.6) is 5.75 Å². The number of aryl methyl sites for hydroxylation is 1. The van der Waals surface area contributed by atoms with Crippen LogP contribution in [0, 0.1) is 6.92 Å². The smallest absolute Gasteiger partial charge is 0.341 e. The monoisotopic (exact) mass is 467 g/mol. The van der Waals surface area contributed by atoms with Crippen molar-refractivity contribution in [3.8, 4) is 5.75 Å². The fourth-order valence-electron chi connectivity index (χ4n) is 3.59. The normalized spacial score (nSPS) is 11.1. The van der Waals surface area contributed by atoms with Gasteiger partial charge in [-0.15, -0.1) is 0 Å². The quantitative estimate of drug-likeness (QED) is 0.252. The third-order valence-electron chi connectivity index (χ3n) is 5.70. The molecule has 2 amide bonds. The number of ether oxygens (including phenoxy) is 1. The largest absolute Gasteiger partial charge is 0.492 e. The van der Waals surface area contributed by atoms with Gasteiger partial charge in [0.1, 0.15) is 17.9 Å². The fraction of sp³-hybridized carbons (Fsp3) is 0.385. The number of carbonyl (C=O) groups is 1. The number of nitrogens with zero attached hydrogens (tertiary/aromatic N) is 2. The van der Waals surface area contributed by atoms with Crippen molar-refractivity contribution in [2.45, 2.75) is 33.7 Å². The zero-order valence-corrected chi connectivity index (χ0v) is 20.0. The standard InChI is InChI=1S/C26H33N3O5/c1-4-28(5-2)14-15-33-23-10-7-20(8-11-23)12-13-27-26(31)29(32)18-22-17-21-9-6-19(3)16-24(21)34-25(22)30/h6-11,16-17,32H,4-5,12-15,18H2,1-3H3,(H,27,31). The number of hydroxylamine groups is 2. The molecule has 0 aliphatic carbocycles. The number of benzene rings is 2. The summed E-state index contributed by atoms with van der Waals surface area (Å²) >= 11 is 0. The minimum atomic E-state index is -0.681. The Hall–Kier alpha value is -3.36. The zero-order valence-electron chi connectivity index (χ0n) is 20.0. The van der Waals surface area contributed by atoms with E-state index in [9.17, 15) is 14.8 Å². The van der Waals surface area contributed by atoms with E-state index in [-0.39, 0.29) is 12.1 Å². The second kappa shape index (κ2) is 12.2. The van der Waals surface area contributed by atoms with Crippen molar-refractivity contribution in [2.75, 3.05) is 32.8 Å². The molecular formula is C26H33N3O5. The number of carbonyl (C=O) groups excluding carboxylic acids is 1. The summed E-state index contributed by atoms with van der Waals surface area (Å²) in [5.41, 5.74) is 2.10. The summed E-state index contributed by atoms with van der Waals surface area (Å²) in [7, 11) is 0. The summed E-state index contributed by atoms with van der Waals surface area (Å²) in [5, 5.41) is 14.0. The number of hydrogen-bond acceptors (Lipinski definition) is 6. The van der Waals surface area contributed by atoms with E-state index in [1.807, 2.05) is 43.3 Å². The molecule has 3 rings (SSSR count). The molecule has 0 radical (unpaired) electrons. The Morgan fingerprint density at radius 3 is 2.53 bits per heavy atom. The molecule has 0 saturated heterocycles. The maximum absolute atomic E-state index is 12.2. The summed E-state index contributed by atoms with van der Waals surface area (Å²) in [6, 6.07) is 14.2. The molecule has 0 atom stereocenters. The van der Waals surface area contributed by atoms with Gasteiger partial charge in [-0.1, -0.05) is 38.1 Å². The van der Waals surface area contributed by atoms with Crippen molar-refractivity contribution in [3.63, 3.8) is 0 Å². The van der Waals surface area contributed by atoms with Crippen LogP contribution in [0.4, 0.5) is 4.79 Å². The van der Waals surface area contributed by atoms with E-state index in [4.69, 9.17) is 9.15 Å². The van der Waals surface area contributed by atoms with E-state index < -0.39 is 11.7 Å². The van der Waals surface area contributed by atoms with E-state index in [0.717, 1.165) is 41.9 Å². The third-order valence-corrected chi connectivity index (χ3v) is 5.70. The molecule has 2 N–H and O–H groups in total. The molecule has 182 valence electrons. The molecule has 3 aromatic rings. The molecule has 8 heteroatoms. The first-order chi connectivity index (χ1) is 16.4. The van der Waals surface area contributed by atoms with Gasteiger partial charge in [0.05, 0.1) is 12.1 Å². The highest BCUT2D eigenvalue weighted by atomic mass is 16.5. The number of likely N-dealkylation sites (N-methyl/N-ethyl adjacent to an activating group) is 1. The van der Waals surface area contributed by atoms with Gasteiger partial charge in [-0.3, -0.25) is 5.21 Å². The van der Waals surface area contributed by atoms with Gasteiger partial charge in [0, 0.05) is 18.5 Å². The van der Waals surface area contributed by atoms with E-state index in [1.54, 1.807) is 12.1 Å². The molecule has 2 aromatic carbocycles. The van der Waals surface area contributed by atoms with Gasteiger partial charge in [0.25, 0.3) is 0 Å². The van der Waals surface area contributed by atoms with Gasteiger partial charge >= 0.3 is 11.7 Å². The molecule has 0 aliphatic heterocycles. The number of hydrogen-bond donors (Lipinski definition) is 2. The van der Waals surface area contributed by atoms with Crippen LogP contribution in [0.3, 0.4) is 0 Å². The lowest BCUT2D eigenvalue weighted by Gasteiger charge is -2.18. The molecule has 1 aromatic heterocycles. The molecule has 0 aliphatic rings.